The lowest BCUT2D eigenvalue weighted by Crippen LogP contribution is -1.82. The Morgan fingerprint density at radius 3 is 1.69 bits per heavy atom. The van der Waals surface area contributed by atoms with E-state index >= 15 is 0 Å². The molecule has 2 aromatic heterocycles. The molecule has 0 unspecified atom stereocenters. The standard InChI is InChI=1S/C8H6N4S4/c1-3-5(11-15-9-3)7(13-1)8-6-4(2-14-8)10-16-12-6/h1-2,9-12H. The SMILES string of the molecule is c1sc(-c2scc3c2NSN3)c2c1NSN2. The fraction of sp³-hybridized carbons (Fsp3) is 0. The van der Waals surface area contributed by atoms with Gasteiger partial charge in [-0.3, -0.25) is 0 Å². The molecule has 0 spiro atoms. The van der Waals surface area contributed by atoms with Crippen molar-refractivity contribution in [1.29, 1.82) is 0 Å². The van der Waals surface area contributed by atoms with Crippen LogP contribution >= 0.6 is 46.9 Å². The Kier molecular flexibility index (Phi) is 1.98. The molecule has 2 aliphatic heterocycles. The second kappa shape index (κ2) is 3.39. The molecule has 0 fully saturated rings. The molecule has 0 atom stereocenters. The van der Waals surface area contributed by atoms with Crippen molar-refractivity contribution < 1.29 is 0 Å². The molecule has 0 bridgehead atoms. The molecule has 4 nitrogen and oxygen atoms in total. The largest absolute Gasteiger partial charge is 0.309 e. The lowest BCUT2D eigenvalue weighted by molar-refractivity contribution is 1.84. The highest BCUT2D eigenvalue weighted by atomic mass is 32.2. The Morgan fingerprint density at radius 2 is 1.19 bits per heavy atom. The maximum atomic E-state index is 3.30. The highest BCUT2D eigenvalue weighted by Crippen LogP contribution is 2.53. The van der Waals surface area contributed by atoms with Crippen LogP contribution in [-0.4, -0.2) is 0 Å². The molecule has 0 aromatic carbocycles. The summed E-state index contributed by atoms with van der Waals surface area (Å²) in [5.74, 6) is 0. The van der Waals surface area contributed by atoms with Crippen molar-refractivity contribution in [2.45, 2.75) is 0 Å². The minimum absolute atomic E-state index is 1.19. The van der Waals surface area contributed by atoms with Gasteiger partial charge in [0.05, 0.1) is 56.8 Å². The van der Waals surface area contributed by atoms with Crippen LogP contribution < -0.4 is 18.9 Å². The first-order valence-corrected chi connectivity index (χ1v) is 7.92. The minimum atomic E-state index is 1.19. The number of hydrogen-bond donors (Lipinski definition) is 4. The van der Waals surface area contributed by atoms with Crippen molar-refractivity contribution in [3.05, 3.63) is 10.8 Å². The Bertz CT molecular complexity index is 510. The summed E-state index contributed by atoms with van der Waals surface area (Å²) in [6.07, 6.45) is 0. The lowest BCUT2D eigenvalue weighted by Gasteiger charge is -2.00. The Hall–Kier alpha value is -0.700. The van der Waals surface area contributed by atoms with E-state index in [0.29, 0.717) is 0 Å². The summed E-state index contributed by atoms with van der Waals surface area (Å²) in [7, 11) is 0. The van der Waals surface area contributed by atoms with Gasteiger partial charge >= 0.3 is 0 Å². The summed E-state index contributed by atoms with van der Waals surface area (Å²) in [5, 5.41) is 4.30. The maximum Gasteiger partial charge on any atom is 0.0895 e. The van der Waals surface area contributed by atoms with Crippen LogP contribution in [-0.2, 0) is 0 Å². The third-order valence-electron chi connectivity index (χ3n) is 2.42. The molecule has 82 valence electrons. The molecule has 4 rings (SSSR count). The number of hydrogen-bond acceptors (Lipinski definition) is 8. The fourth-order valence-corrected chi connectivity index (χ4v) is 5.31. The molecule has 2 aromatic rings. The summed E-state index contributed by atoms with van der Waals surface area (Å²) >= 11 is 6.59. The predicted molar refractivity (Wildman–Crippen MR) is 77.3 cm³/mol. The second-order valence-corrected chi connectivity index (χ2v) is 6.30. The highest BCUT2D eigenvalue weighted by Gasteiger charge is 2.25. The van der Waals surface area contributed by atoms with E-state index in [9.17, 15) is 0 Å². The topological polar surface area (TPSA) is 48.1 Å². The Morgan fingerprint density at radius 1 is 0.688 bits per heavy atom. The molecule has 0 saturated carbocycles. The molecule has 4 N–H and O–H groups in total. The van der Waals surface area contributed by atoms with Gasteiger partial charge in [-0.05, 0) is 0 Å². The van der Waals surface area contributed by atoms with E-state index in [1.807, 2.05) is 0 Å². The van der Waals surface area contributed by atoms with Gasteiger partial charge in [0.25, 0.3) is 0 Å². The predicted octanol–water partition coefficient (Wildman–Crippen LogP) is 4.28. The first-order valence-electron chi connectivity index (χ1n) is 4.52. The van der Waals surface area contributed by atoms with Crippen LogP contribution in [0.2, 0.25) is 0 Å². The maximum absolute atomic E-state index is 3.30. The fourth-order valence-electron chi connectivity index (χ4n) is 1.67. The Balaban J connectivity index is 1.90. The summed E-state index contributed by atoms with van der Waals surface area (Å²) in [5.41, 5.74) is 4.79. The molecular weight excluding hydrogens is 280 g/mol. The van der Waals surface area contributed by atoms with Crippen molar-refractivity contribution in [3.63, 3.8) is 0 Å². The number of rotatable bonds is 1. The zero-order valence-electron chi connectivity index (χ0n) is 7.79. The average Bonchev–Trinajstić information content (AvgIpc) is 2.97. The van der Waals surface area contributed by atoms with Crippen LogP contribution in [0, 0.1) is 0 Å². The molecule has 0 aliphatic carbocycles. The van der Waals surface area contributed by atoms with Crippen LogP contribution in [0.1, 0.15) is 0 Å². The molecule has 0 radical (unpaired) electrons. The van der Waals surface area contributed by atoms with Crippen molar-refractivity contribution in [1.82, 2.24) is 0 Å². The molecule has 8 heteroatoms. The van der Waals surface area contributed by atoms with E-state index in [1.165, 1.54) is 56.8 Å². The summed E-state index contributed by atoms with van der Waals surface area (Å²) in [6, 6.07) is 0. The van der Waals surface area contributed by atoms with Gasteiger partial charge in [0.15, 0.2) is 0 Å². The zero-order chi connectivity index (χ0) is 10.5. The first-order chi connectivity index (χ1) is 7.93. The van der Waals surface area contributed by atoms with E-state index in [2.05, 4.69) is 29.6 Å². The van der Waals surface area contributed by atoms with Crippen molar-refractivity contribution >= 4 is 69.7 Å². The molecule has 0 saturated heterocycles. The third kappa shape index (κ3) is 1.18. The van der Waals surface area contributed by atoms with Gasteiger partial charge in [-0.25, -0.2) is 0 Å². The molecular formula is C8H6N4S4. The number of anilines is 4. The monoisotopic (exact) mass is 286 g/mol. The van der Waals surface area contributed by atoms with Crippen molar-refractivity contribution in [2.24, 2.45) is 0 Å². The summed E-state index contributed by atoms with van der Waals surface area (Å²) < 4.78 is 13.1. The van der Waals surface area contributed by atoms with Gasteiger partial charge in [-0.1, -0.05) is 0 Å². The molecule has 16 heavy (non-hydrogen) atoms. The van der Waals surface area contributed by atoms with E-state index in [0.717, 1.165) is 0 Å². The van der Waals surface area contributed by atoms with E-state index < -0.39 is 0 Å². The molecule has 0 amide bonds. The van der Waals surface area contributed by atoms with Gasteiger partial charge < -0.3 is 18.9 Å². The second-order valence-electron chi connectivity index (χ2n) is 3.32. The van der Waals surface area contributed by atoms with Gasteiger partial charge in [0, 0.05) is 10.8 Å². The van der Waals surface area contributed by atoms with Gasteiger partial charge in [0.1, 0.15) is 0 Å². The number of nitrogens with one attached hydrogen (secondary N) is 4. The molecule has 4 heterocycles. The lowest BCUT2D eigenvalue weighted by atomic mass is 10.3. The van der Waals surface area contributed by atoms with Gasteiger partial charge in [-0.2, -0.15) is 0 Å². The van der Waals surface area contributed by atoms with Gasteiger partial charge in [0.2, 0.25) is 0 Å². The average molecular weight is 286 g/mol. The quantitative estimate of drug-likeness (QED) is 0.587. The Labute approximate surface area is 109 Å². The van der Waals surface area contributed by atoms with Crippen LogP contribution in [0.5, 0.6) is 0 Å². The normalized spacial score (nSPS) is 15.8. The molecule has 2 aliphatic rings. The highest BCUT2D eigenvalue weighted by molar-refractivity contribution is 8.02. The zero-order valence-corrected chi connectivity index (χ0v) is 11.1. The number of fused-ring (bicyclic) bond motifs is 2. The van der Waals surface area contributed by atoms with Crippen molar-refractivity contribution in [2.75, 3.05) is 18.9 Å². The van der Waals surface area contributed by atoms with Crippen LogP contribution in [0.15, 0.2) is 10.8 Å². The van der Waals surface area contributed by atoms with E-state index in [-0.39, 0.29) is 0 Å². The smallest absolute Gasteiger partial charge is 0.0895 e. The van der Waals surface area contributed by atoms with Crippen LogP contribution in [0.25, 0.3) is 9.75 Å². The third-order valence-corrected chi connectivity index (χ3v) is 5.80. The van der Waals surface area contributed by atoms with E-state index in [1.54, 1.807) is 22.7 Å². The first kappa shape index (κ1) is 9.34. The summed E-state index contributed by atoms with van der Waals surface area (Å²) in [6.45, 7) is 0. The summed E-state index contributed by atoms with van der Waals surface area (Å²) in [4.78, 5) is 2.60. The number of thiophene rings is 2. The minimum Gasteiger partial charge on any atom is -0.309 e. The van der Waals surface area contributed by atoms with Crippen LogP contribution in [0.4, 0.5) is 22.7 Å². The van der Waals surface area contributed by atoms with Crippen molar-refractivity contribution in [3.8, 4) is 9.75 Å². The van der Waals surface area contributed by atoms with Gasteiger partial charge in [-0.15, -0.1) is 22.7 Å². The van der Waals surface area contributed by atoms with E-state index in [4.69, 9.17) is 0 Å². The van der Waals surface area contributed by atoms with Crippen LogP contribution in [0.3, 0.4) is 0 Å².